The number of nitrogens with one attached hydrogen (secondary N) is 1. The van der Waals surface area contributed by atoms with E-state index in [4.69, 9.17) is 5.73 Å². The Hall–Kier alpha value is -2.44. The maximum absolute atomic E-state index is 12.6. The van der Waals surface area contributed by atoms with E-state index in [1.807, 2.05) is 18.2 Å². The topological polar surface area (TPSA) is 75.4 Å². The number of nitrogens with zero attached hydrogens (tertiary/aromatic N) is 1. The fourth-order valence-electron chi connectivity index (χ4n) is 4.05. The first-order valence-corrected chi connectivity index (χ1v) is 10.6. The number of nitrogens with two attached hydrogens (primary N) is 1. The molecule has 1 aliphatic heterocycles. The molecule has 1 aromatic heterocycles. The molecule has 0 fully saturated rings. The third-order valence-corrected chi connectivity index (χ3v) is 6.68. The van der Waals surface area contributed by atoms with Gasteiger partial charge in [0.05, 0.1) is 12.1 Å². The minimum absolute atomic E-state index is 0.0855. The second-order valence-electron chi connectivity index (χ2n) is 7.41. The van der Waals surface area contributed by atoms with Crippen molar-refractivity contribution in [1.29, 1.82) is 0 Å². The van der Waals surface area contributed by atoms with Gasteiger partial charge in [-0.1, -0.05) is 36.4 Å². The van der Waals surface area contributed by atoms with Gasteiger partial charge in [-0.3, -0.25) is 14.5 Å². The van der Waals surface area contributed by atoms with Crippen molar-refractivity contribution in [2.24, 2.45) is 5.73 Å². The SMILES string of the molecule is NC(=O)c1c(NC(=O)CN2CC=C(c3ccccc3)CC2)sc2c1CCCC2. The summed E-state index contributed by atoms with van der Waals surface area (Å²) in [5, 5.41) is 3.58. The summed E-state index contributed by atoms with van der Waals surface area (Å²) >= 11 is 1.52. The number of amides is 2. The van der Waals surface area contributed by atoms with Crippen LogP contribution in [0, 0.1) is 0 Å². The molecule has 3 N–H and O–H groups in total. The molecule has 0 atom stereocenters. The normalized spacial score (nSPS) is 16.9. The number of hydrogen-bond donors (Lipinski definition) is 2. The van der Waals surface area contributed by atoms with Crippen LogP contribution in [-0.2, 0) is 17.6 Å². The van der Waals surface area contributed by atoms with Gasteiger partial charge in [-0.25, -0.2) is 0 Å². The molecular weight excluding hydrogens is 370 g/mol. The fourth-order valence-corrected chi connectivity index (χ4v) is 5.36. The fraction of sp³-hybridized carbons (Fsp3) is 0.364. The number of benzene rings is 1. The van der Waals surface area contributed by atoms with Crippen molar-refractivity contribution in [2.45, 2.75) is 32.1 Å². The van der Waals surface area contributed by atoms with Crippen LogP contribution in [0.15, 0.2) is 36.4 Å². The van der Waals surface area contributed by atoms with Crippen molar-refractivity contribution in [2.75, 3.05) is 25.0 Å². The number of carbonyl (C=O) groups excluding carboxylic acids is 2. The quantitative estimate of drug-likeness (QED) is 0.814. The number of primary amides is 1. The zero-order chi connectivity index (χ0) is 19.5. The highest BCUT2D eigenvalue weighted by atomic mass is 32.1. The highest BCUT2D eigenvalue weighted by Gasteiger charge is 2.25. The highest BCUT2D eigenvalue weighted by Crippen LogP contribution is 2.37. The van der Waals surface area contributed by atoms with Crippen LogP contribution in [0.3, 0.4) is 0 Å². The molecule has 2 aromatic rings. The molecule has 2 heterocycles. The van der Waals surface area contributed by atoms with Gasteiger partial charge in [0.1, 0.15) is 5.00 Å². The van der Waals surface area contributed by atoms with Crippen molar-refractivity contribution in [1.82, 2.24) is 4.90 Å². The standard InChI is InChI=1S/C22H25N3O2S/c23-21(27)20-17-8-4-5-9-18(17)28-22(20)24-19(26)14-25-12-10-16(11-13-25)15-6-2-1-3-7-15/h1-3,6-7,10H,4-5,8-9,11-14H2,(H2,23,27)(H,24,26). The van der Waals surface area contributed by atoms with Gasteiger partial charge in [0.2, 0.25) is 5.91 Å². The molecule has 2 amide bonds. The minimum Gasteiger partial charge on any atom is -0.365 e. The van der Waals surface area contributed by atoms with Crippen LogP contribution in [-0.4, -0.2) is 36.3 Å². The molecule has 0 bridgehead atoms. The van der Waals surface area contributed by atoms with Gasteiger partial charge in [-0.15, -0.1) is 11.3 Å². The predicted octanol–water partition coefficient (Wildman–Crippen LogP) is 3.45. The smallest absolute Gasteiger partial charge is 0.251 e. The Bertz CT molecular complexity index is 917. The van der Waals surface area contributed by atoms with Gasteiger partial charge in [0.25, 0.3) is 5.91 Å². The van der Waals surface area contributed by atoms with Crippen molar-refractivity contribution < 1.29 is 9.59 Å². The summed E-state index contributed by atoms with van der Waals surface area (Å²) < 4.78 is 0. The van der Waals surface area contributed by atoms with E-state index in [1.54, 1.807) is 0 Å². The molecule has 28 heavy (non-hydrogen) atoms. The first-order chi connectivity index (χ1) is 13.6. The van der Waals surface area contributed by atoms with Gasteiger partial charge in [-0.2, -0.15) is 0 Å². The first-order valence-electron chi connectivity index (χ1n) is 9.83. The van der Waals surface area contributed by atoms with E-state index in [2.05, 4.69) is 28.4 Å². The van der Waals surface area contributed by atoms with Gasteiger partial charge in [0, 0.05) is 18.0 Å². The summed E-state index contributed by atoms with van der Waals surface area (Å²) in [6, 6.07) is 10.4. The lowest BCUT2D eigenvalue weighted by Gasteiger charge is -2.25. The molecule has 2 aliphatic rings. The van der Waals surface area contributed by atoms with Crippen LogP contribution in [0.2, 0.25) is 0 Å². The molecule has 0 unspecified atom stereocenters. The maximum Gasteiger partial charge on any atom is 0.251 e. The number of aryl methyl sites for hydroxylation is 1. The Kier molecular flexibility index (Phi) is 5.59. The molecule has 5 nitrogen and oxygen atoms in total. The van der Waals surface area contributed by atoms with Crippen molar-refractivity contribution in [3.05, 3.63) is 58.0 Å². The van der Waals surface area contributed by atoms with E-state index < -0.39 is 5.91 Å². The summed E-state index contributed by atoms with van der Waals surface area (Å²) in [5.41, 5.74) is 9.77. The lowest BCUT2D eigenvalue weighted by Crippen LogP contribution is -2.36. The van der Waals surface area contributed by atoms with Crippen LogP contribution in [0.25, 0.3) is 5.57 Å². The molecule has 4 rings (SSSR count). The molecule has 1 aliphatic carbocycles. The maximum atomic E-state index is 12.6. The molecule has 0 saturated carbocycles. The number of carbonyl (C=O) groups is 2. The Morgan fingerprint density at radius 2 is 1.89 bits per heavy atom. The Morgan fingerprint density at radius 1 is 1.11 bits per heavy atom. The Morgan fingerprint density at radius 3 is 2.61 bits per heavy atom. The van der Waals surface area contributed by atoms with Gasteiger partial charge < -0.3 is 11.1 Å². The molecule has 6 heteroatoms. The Labute approximate surface area is 169 Å². The molecule has 0 radical (unpaired) electrons. The number of rotatable bonds is 5. The van der Waals surface area contributed by atoms with Gasteiger partial charge in [0.15, 0.2) is 0 Å². The molecular formula is C22H25N3O2S. The predicted molar refractivity (Wildman–Crippen MR) is 114 cm³/mol. The van der Waals surface area contributed by atoms with Crippen molar-refractivity contribution in [3.8, 4) is 0 Å². The highest BCUT2D eigenvalue weighted by molar-refractivity contribution is 7.17. The summed E-state index contributed by atoms with van der Waals surface area (Å²) in [6.07, 6.45) is 7.17. The molecule has 146 valence electrons. The van der Waals surface area contributed by atoms with E-state index in [0.717, 1.165) is 50.8 Å². The lowest BCUT2D eigenvalue weighted by atomic mass is 9.95. The largest absolute Gasteiger partial charge is 0.365 e. The second kappa shape index (κ2) is 8.29. The third kappa shape index (κ3) is 4.03. The van der Waals surface area contributed by atoms with E-state index in [0.29, 0.717) is 17.1 Å². The minimum atomic E-state index is -0.442. The number of anilines is 1. The van der Waals surface area contributed by atoms with E-state index in [-0.39, 0.29) is 5.91 Å². The summed E-state index contributed by atoms with van der Waals surface area (Å²) in [5.74, 6) is -0.527. The van der Waals surface area contributed by atoms with Crippen molar-refractivity contribution >= 4 is 33.7 Å². The van der Waals surface area contributed by atoms with Crippen LogP contribution < -0.4 is 11.1 Å². The van der Waals surface area contributed by atoms with Crippen LogP contribution in [0.5, 0.6) is 0 Å². The number of hydrogen-bond acceptors (Lipinski definition) is 4. The second-order valence-corrected chi connectivity index (χ2v) is 8.51. The van der Waals surface area contributed by atoms with Gasteiger partial charge in [-0.05, 0) is 48.8 Å². The first kappa shape index (κ1) is 18.9. The average molecular weight is 396 g/mol. The Balaban J connectivity index is 1.40. The van der Waals surface area contributed by atoms with Crippen LogP contribution in [0.1, 0.15) is 45.6 Å². The van der Waals surface area contributed by atoms with E-state index in [9.17, 15) is 9.59 Å². The van der Waals surface area contributed by atoms with Crippen LogP contribution >= 0.6 is 11.3 Å². The van der Waals surface area contributed by atoms with Gasteiger partial charge >= 0.3 is 0 Å². The third-order valence-electron chi connectivity index (χ3n) is 5.48. The molecule has 0 saturated heterocycles. The monoisotopic (exact) mass is 395 g/mol. The number of fused-ring (bicyclic) bond motifs is 1. The summed E-state index contributed by atoms with van der Waals surface area (Å²) in [4.78, 5) is 27.9. The zero-order valence-corrected chi connectivity index (χ0v) is 16.7. The number of thiophene rings is 1. The summed E-state index contributed by atoms with van der Waals surface area (Å²) in [6.45, 7) is 1.92. The lowest BCUT2D eigenvalue weighted by molar-refractivity contribution is -0.117. The van der Waals surface area contributed by atoms with Crippen LogP contribution in [0.4, 0.5) is 5.00 Å². The van der Waals surface area contributed by atoms with E-state index >= 15 is 0 Å². The van der Waals surface area contributed by atoms with Crippen molar-refractivity contribution in [3.63, 3.8) is 0 Å². The summed E-state index contributed by atoms with van der Waals surface area (Å²) in [7, 11) is 0. The zero-order valence-electron chi connectivity index (χ0n) is 15.9. The molecule has 0 spiro atoms. The average Bonchev–Trinajstić information content (AvgIpc) is 3.07. The van der Waals surface area contributed by atoms with E-state index in [1.165, 1.54) is 27.4 Å². The molecule has 1 aromatic carbocycles.